The van der Waals surface area contributed by atoms with Gasteiger partial charge in [0, 0.05) is 24.6 Å². The van der Waals surface area contributed by atoms with Crippen molar-refractivity contribution in [3.63, 3.8) is 0 Å². The Labute approximate surface area is 125 Å². The van der Waals surface area contributed by atoms with Gasteiger partial charge in [0.25, 0.3) is 0 Å². The fourth-order valence-electron chi connectivity index (χ4n) is 2.24. The van der Waals surface area contributed by atoms with E-state index in [2.05, 4.69) is 47.3 Å². The largest absolute Gasteiger partial charge is 0.373 e. The third kappa shape index (κ3) is 4.23. The van der Waals surface area contributed by atoms with Crippen LogP contribution in [0.2, 0.25) is 0 Å². The molecule has 0 fully saturated rings. The van der Waals surface area contributed by atoms with Crippen molar-refractivity contribution in [2.75, 3.05) is 12.4 Å². The number of hydrogen-bond acceptors (Lipinski definition) is 4. The molecule has 0 aliphatic rings. The summed E-state index contributed by atoms with van der Waals surface area (Å²) in [5.41, 5.74) is 5.02. The maximum Gasteiger partial charge on any atom is 0.140 e. The van der Waals surface area contributed by atoms with Gasteiger partial charge in [0.1, 0.15) is 11.6 Å². The fourth-order valence-corrected chi connectivity index (χ4v) is 3.05. The molecule has 0 atom stereocenters. The quantitative estimate of drug-likeness (QED) is 0.905. The van der Waals surface area contributed by atoms with Crippen LogP contribution in [0.25, 0.3) is 0 Å². The van der Waals surface area contributed by atoms with E-state index in [-0.39, 0.29) is 0 Å². The predicted molar refractivity (Wildman–Crippen MR) is 87.2 cm³/mol. The molecular formula is C16H21N3S. The van der Waals surface area contributed by atoms with Gasteiger partial charge < -0.3 is 5.32 Å². The van der Waals surface area contributed by atoms with E-state index >= 15 is 0 Å². The van der Waals surface area contributed by atoms with Crippen molar-refractivity contribution in [2.45, 2.75) is 32.3 Å². The molecule has 1 aromatic heterocycles. The van der Waals surface area contributed by atoms with Gasteiger partial charge >= 0.3 is 0 Å². The van der Waals surface area contributed by atoms with Crippen LogP contribution in [0, 0.1) is 20.8 Å². The number of hydrogen-bond donors (Lipinski definition) is 1. The lowest BCUT2D eigenvalue weighted by Crippen LogP contribution is -2.00. The minimum atomic E-state index is 0.837. The van der Waals surface area contributed by atoms with Crippen LogP contribution in [-0.4, -0.2) is 17.0 Å². The first kappa shape index (κ1) is 14.9. The van der Waals surface area contributed by atoms with Gasteiger partial charge in [0.05, 0.1) is 5.75 Å². The zero-order chi connectivity index (χ0) is 14.5. The van der Waals surface area contributed by atoms with Gasteiger partial charge in [-0.1, -0.05) is 29.3 Å². The fraction of sp³-hybridized carbons (Fsp3) is 0.375. The first-order valence-corrected chi connectivity index (χ1v) is 7.89. The van der Waals surface area contributed by atoms with E-state index in [1.165, 1.54) is 16.7 Å². The van der Waals surface area contributed by atoms with Crippen LogP contribution < -0.4 is 5.32 Å². The monoisotopic (exact) mass is 287 g/mol. The summed E-state index contributed by atoms with van der Waals surface area (Å²) in [5.74, 6) is 3.61. The van der Waals surface area contributed by atoms with Crippen LogP contribution in [0.3, 0.4) is 0 Å². The Morgan fingerprint density at radius 2 is 1.65 bits per heavy atom. The highest BCUT2D eigenvalue weighted by atomic mass is 32.2. The average Bonchev–Trinajstić information content (AvgIpc) is 2.37. The highest BCUT2D eigenvalue weighted by Crippen LogP contribution is 2.19. The molecule has 1 heterocycles. The van der Waals surface area contributed by atoms with E-state index in [4.69, 9.17) is 0 Å². The lowest BCUT2D eigenvalue weighted by molar-refractivity contribution is 0.996. The molecule has 0 aliphatic carbocycles. The number of nitrogens with one attached hydrogen (secondary N) is 1. The van der Waals surface area contributed by atoms with Gasteiger partial charge in [0.15, 0.2) is 0 Å². The molecule has 20 heavy (non-hydrogen) atoms. The summed E-state index contributed by atoms with van der Waals surface area (Å²) in [4.78, 5) is 8.95. The Balaban J connectivity index is 1.97. The van der Waals surface area contributed by atoms with Crippen LogP contribution in [0.1, 0.15) is 28.2 Å². The molecule has 3 nitrogen and oxygen atoms in total. The molecule has 0 aliphatic heterocycles. The summed E-state index contributed by atoms with van der Waals surface area (Å²) >= 11 is 1.85. The van der Waals surface area contributed by atoms with Crippen LogP contribution in [-0.2, 0) is 11.5 Å². The molecule has 0 bridgehead atoms. The number of aromatic nitrogens is 2. The first-order chi connectivity index (χ1) is 9.56. The first-order valence-electron chi connectivity index (χ1n) is 6.74. The van der Waals surface area contributed by atoms with E-state index in [1.54, 1.807) is 0 Å². The number of nitrogens with zero attached hydrogens (tertiary/aromatic N) is 2. The Bertz CT molecular complexity index is 576. The second-order valence-electron chi connectivity index (χ2n) is 5.05. The second kappa shape index (κ2) is 6.75. The Morgan fingerprint density at radius 3 is 2.30 bits per heavy atom. The van der Waals surface area contributed by atoms with E-state index in [1.807, 2.05) is 31.8 Å². The molecule has 0 radical (unpaired) electrons. The maximum atomic E-state index is 4.48. The summed E-state index contributed by atoms with van der Waals surface area (Å²) in [6.07, 6.45) is 0. The summed E-state index contributed by atoms with van der Waals surface area (Å²) in [5, 5.41) is 3.07. The van der Waals surface area contributed by atoms with Crippen LogP contribution in [0.15, 0.2) is 24.3 Å². The van der Waals surface area contributed by atoms with Crippen molar-refractivity contribution in [1.82, 2.24) is 9.97 Å². The Morgan fingerprint density at radius 1 is 0.950 bits per heavy atom. The average molecular weight is 287 g/mol. The molecule has 0 amide bonds. The van der Waals surface area contributed by atoms with Crippen LogP contribution in [0.4, 0.5) is 5.82 Å². The lowest BCUT2D eigenvalue weighted by atomic mass is 10.1. The third-order valence-corrected chi connectivity index (χ3v) is 3.94. The van der Waals surface area contributed by atoms with E-state index in [0.717, 1.165) is 28.8 Å². The Hall–Kier alpha value is -1.55. The minimum absolute atomic E-state index is 0.837. The van der Waals surface area contributed by atoms with Crippen molar-refractivity contribution in [1.29, 1.82) is 0 Å². The van der Waals surface area contributed by atoms with Crippen molar-refractivity contribution >= 4 is 17.6 Å². The van der Waals surface area contributed by atoms with Gasteiger partial charge in [0.2, 0.25) is 0 Å². The molecule has 0 saturated carbocycles. The summed E-state index contributed by atoms with van der Waals surface area (Å²) in [6.45, 7) is 6.29. The van der Waals surface area contributed by atoms with Gasteiger partial charge in [-0.15, -0.1) is 11.8 Å². The van der Waals surface area contributed by atoms with Crippen molar-refractivity contribution in [2.24, 2.45) is 0 Å². The normalized spacial score (nSPS) is 10.6. The summed E-state index contributed by atoms with van der Waals surface area (Å²) < 4.78 is 0. The minimum Gasteiger partial charge on any atom is -0.373 e. The zero-order valence-corrected chi connectivity index (χ0v) is 13.3. The van der Waals surface area contributed by atoms with Crippen molar-refractivity contribution < 1.29 is 0 Å². The van der Waals surface area contributed by atoms with E-state index in [0.29, 0.717) is 0 Å². The molecule has 2 aromatic rings. The topological polar surface area (TPSA) is 37.8 Å². The zero-order valence-electron chi connectivity index (χ0n) is 12.5. The van der Waals surface area contributed by atoms with E-state index in [9.17, 15) is 0 Å². The van der Waals surface area contributed by atoms with Crippen LogP contribution in [0.5, 0.6) is 0 Å². The second-order valence-corrected chi connectivity index (χ2v) is 6.04. The number of aryl methyl sites for hydroxylation is 3. The van der Waals surface area contributed by atoms with Crippen LogP contribution >= 0.6 is 11.8 Å². The van der Waals surface area contributed by atoms with Gasteiger partial charge in [-0.3, -0.25) is 0 Å². The van der Waals surface area contributed by atoms with Gasteiger partial charge in [-0.25, -0.2) is 9.97 Å². The standard InChI is InChI=1S/C16H21N3S/c1-11-5-12(2)7-14(6-11)9-20-10-16-18-13(3)8-15(17-4)19-16/h5-8H,9-10H2,1-4H3,(H,17,18,19). The SMILES string of the molecule is CNc1cc(C)nc(CSCc2cc(C)cc(C)c2)n1. The summed E-state index contributed by atoms with van der Waals surface area (Å²) in [7, 11) is 1.88. The maximum absolute atomic E-state index is 4.48. The summed E-state index contributed by atoms with van der Waals surface area (Å²) in [6, 6.07) is 8.65. The van der Waals surface area contributed by atoms with Crippen molar-refractivity contribution in [3.05, 3.63) is 52.5 Å². The third-order valence-electron chi connectivity index (χ3n) is 2.94. The van der Waals surface area contributed by atoms with Gasteiger partial charge in [-0.05, 0) is 26.3 Å². The highest BCUT2D eigenvalue weighted by molar-refractivity contribution is 7.97. The smallest absolute Gasteiger partial charge is 0.140 e. The Kier molecular flexibility index (Phi) is 5.01. The molecule has 0 saturated heterocycles. The van der Waals surface area contributed by atoms with Crippen molar-refractivity contribution in [3.8, 4) is 0 Å². The molecule has 1 N–H and O–H groups in total. The number of benzene rings is 1. The van der Waals surface area contributed by atoms with Gasteiger partial charge in [-0.2, -0.15) is 0 Å². The molecular weight excluding hydrogens is 266 g/mol. The molecule has 106 valence electrons. The number of thioether (sulfide) groups is 1. The molecule has 1 aromatic carbocycles. The lowest BCUT2D eigenvalue weighted by Gasteiger charge is -2.07. The molecule has 4 heteroatoms. The number of anilines is 1. The highest BCUT2D eigenvalue weighted by Gasteiger charge is 2.03. The molecule has 2 rings (SSSR count). The predicted octanol–water partition coefficient (Wildman–Crippen LogP) is 3.88. The van der Waals surface area contributed by atoms with E-state index < -0.39 is 0 Å². The number of rotatable bonds is 5. The molecule has 0 unspecified atom stereocenters. The molecule has 0 spiro atoms.